The second kappa shape index (κ2) is 5.90. The summed E-state index contributed by atoms with van der Waals surface area (Å²) >= 11 is 0. The molecule has 0 bridgehead atoms. The van der Waals surface area contributed by atoms with Gasteiger partial charge in [0.2, 0.25) is 0 Å². The van der Waals surface area contributed by atoms with Crippen molar-refractivity contribution in [2.45, 2.75) is 40.2 Å². The number of aryl methyl sites for hydroxylation is 2. The summed E-state index contributed by atoms with van der Waals surface area (Å²) in [5.74, 6) is 2.15. The summed E-state index contributed by atoms with van der Waals surface area (Å²) in [6.45, 7) is 8.22. The molecule has 1 heterocycles. The van der Waals surface area contributed by atoms with Crippen molar-refractivity contribution in [1.29, 1.82) is 0 Å². The summed E-state index contributed by atoms with van der Waals surface area (Å²) in [5, 5.41) is 3.45. The summed E-state index contributed by atoms with van der Waals surface area (Å²) in [5.41, 5.74) is 9.39. The van der Waals surface area contributed by atoms with Crippen molar-refractivity contribution in [2.75, 3.05) is 11.1 Å². The molecule has 0 fully saturated rings. The lowest BCUT2D eigenvalue weighted by Gasteiger charge is -2.19. The zero-order valence-electron chi connectivity index (χ0n) is 12.6. The molecule has 1 atom stereocenters. The van der Waals surface area contributed by atoms with E-state index in [1.165, 1.54) is 11.1 Å². The second-order valence-electron chi connectivity index (χ2n) is 5.07. The Kier molecular flexibility index (Phi) is 4.23. The molecule has 106 valence electrons. The molecular weight excluding hydrogens is 248 g/mol. The van der Waals surface area contributed by atoms with Gasteiger partial charge in [-0.1, -0.05) is 31.2 Å². The van der Waals surface area contributed by atoms with Gasteiger partial charge >= 0.3 is 0 Å². The van der Waals surface area contributed by atoms with Gasteiger partial charge in [-0.25, -0.2) is 9.97 Å². The van der Waals surface area contributed by atoms with Crippen molar-refractivity contribution in [3.05, 3.63) is 46.8 Å². The Labute approximate surface area is 120 Å². The van der Waals surface area contributed by atoms with Crippen molar-refractivity contribution in [2.24, 2.45) is 0 Å². The van der Waals surface area contributed by atoms with E-state index in [9.17, 15) is 0 Å². The van der Waals surface area contributed by atoms with Crippen LogP contribution in [0.5, 0.6) is 0 Å². The number of nitrogens with one attached hydrogen (secondary N) is 1. The van der Waals surface area contributed by atoms with Crippen LogP contribution in [-0.2, 0) is 6.42 Å². The third-order valence-corrected chi connectivity index (χ3v) is 3.55. The quantitative estimate of drug-likeness (QED) is 0.893. The van der Waals surface area contributed by atoms with E-state index in [1.54, 1.807) is 0 Å². The average Bonchev–Trinajstić information content (AvgIpc) is 2.43. The van der Waals surface area contributed by atoms with Crippen molar-refractivity contribution in [1.82, 2.24) is 9.97 Å². The van der Waals surface area contributed by atoms with Crippen molar-refractivity contribution >= 4 is 11.6 Å². The maximum absolute atomic E-state index is 5.95. The molecule has 3 N–H and O–H groups in total. The minimum atomic E-state index is 0.175. The van der Waals surface area contributed by atoms with Crippen LogP contribution in [-0.4, -0.2) is 9.97 Å². The number of hydrogen-bond donors (Lipinski definition) is 2. The molecule has 4 nitrogen and oxygen atoms in total. The Bertz CT molecular complexity index is 607. The van der Waals surface area contributed by atoms with Crippen LogP contribution in [0.4, 0.5) is 11.6 Å². The van der Waals surface area contributed by atoms with Gasteiger partial charge in [0.15, 0.2) is 0 Å². The molecule has 1 aromatic carbocycles. The maximum atomic E-state index is 5.95. The smallest absolute Gasteiger partial charge is 0.135 e. The van der Waals surface area contributed by atoms with Crippen LogP contribution in [0.2, 0.25) is 0 Å². The molecule has 1 aromatic heterocycles. The summed E-state index contributed by atoms with van der Waals surface area (Å²) in [4.78, 5) is 8.82. The minimum absolute atomic E-state index is 0.175. The van der Waals surface area contributed by atoms with Gasteiger partial charge in [-0.3, -0.25) is 0 Å². The third kappa shape index (κ3) is 2.90. The molecule has 2 rings (SSSR count). The number of rotatable bonds is 4. The first kappa shape index (κ1) is 14.3. The van der Waals surface area contributed by atoms with Crippen molar-refractivity contribution in [3.8, 4) is 0 Å². The second-order valence-corrected chi connectivity index (χ2v) is 5.07. The molecule has 4 heteroatoms. The van der Waals surface area contributed by atoms with Crippen molar-refractivity contribution in [3.63, 3.8) is 0 Å². The standard InChI is InChI=1S/C16H22N4/c1-5-14-19-15(17)11(3)16(20-14)18-12(4)13-9-7-6-8-10(13)2/h6-9,12H,5H2,1-4H3,(H3,17,18,19,20). The Morgan fingerprint density at radius 3 is 2.55 bits per heavy atom. The number of nitrogen functional groups attached to an aromatic ring is 1. The van der Waals surface area contributed by atoms with E-state index in [0.29, 0.717) is 5.82 Å². The monoisotopic (exact) mass is 270 g/mol. The molecule has 0 aliphatic rings. The molecule has 1 unspecified atom stereocenters. The molecule has 0 aliphatic carbocycles. The Morgan fingerprint density at radius 2 is 1.90 bits per heavy atom. The van der Waals surface area contributed by atoms with Crippen LogP contribution in [0.3, 0.4) is 0 Å². The molecule has 0 saturated carbocycles. The van der Waals surface area contributed by atoms with E-state index in [-0.39, 0.29) is 6.04 Å². The van der Waals surface area contributed by atoms with Gasteiger partial charge in [0.05, 0.1) is 6.04 Å². The summed E-state index contributed by atoms with van der Waals surface area (Å²) in [7, 11) is 0. The number of nitrogens with zero attached hydrogens (tertiary/aromatic N) is 2. The Hall–Kier alpha value is -2.10. The molecule has 0 aliphatic heterocycles. The van der Waals surface area contributed by atoms with Gasteiger partial charge in [0, 0.05) is 12.0 Å². The van der Waals surface area contributed by atoms with Crippen LogP contribution in [0.15, 0.2) is 24.3 Å². The largest absolute Gasteiger partial charge is 0.383 e. The third-order valence-electron chi connectivity index (χ3n) is 3.55. The highest BCUT2D eigenvalue weighted by Crippen LogP contribution is 2.24. The number of hydrogen-bond acceptors (Lipinski definition) is 4. The van der Waals surface area contributed by atoms with Gasteiger partial charge in [-0.05, 0) is 31.9 Å². The van der Waals surface area contributed by atoms with Gasteiger partial charge in [0.25, 0.3) is 0 Å². The first-order valence-electron chi connectivity index (χ1n) is 6.98. The van der Waals surface area contributed by atoms with E-state index in [2.05, 4.69) is 53.4 Å². The molecule has 2 aromatic rings. The SMILES string of the molecule is CCc1nc(N)c(C)c(NC(C)c2ccccc2C)n1. The molecule has 20 heavy (non-hydrogen) atoms. The number of anilines is 2. The van der Waals surface area contributed by atoms with Gasteiger partial charge in [-0.2, -0.15) is 0 Å². The van der Waals surface area contributed by atoms with Crippen molar-refractivity contribution < 1.29 is 0 Å². The highest BCUT2D eigenvalue weighted by molar-refractivity contribution is 5.56. The van der Waals surface area contributed by atoms with Gasteiger partial charge < -0.3 is 11.1 Å². The van der Waals surface area contributed by atoms with Gasteiger partial charge in [0.1, 0.15) is 17.5 Å². The first-order chi connectivity index (χ1) is 9.52. The number of aromatic nitrogens is 2. The number of benzene rings is 1. The normalized spacial score (nSPS) is 12.2. The van der Waals surface area contributed by atoms with E-state index >= 15 is 0 Å². The summed E-state index contributed by atoms with van der Waals surface area (Å²) in [6, 6.07) is 8.53. The van der Waals surface area contributed by atoms with E-state index in [1.807, 2.05) is 13.8 Å². The predicted molar refractivity (Wildman–Crippen MR) is 83.8 cm³/mol. The lowest BCUT2D eigenvalue weighted by atomic mass is 10.0. The van der Waals surface area contributed by atoms with Crippen LogP contribution in [0.1, 0.15) is 42.4 Å². The highest BCUT2D eigenvalue weighted by atomic mass is 15.1. The highest BCUT2D eigenvalue weighted by Gasteiger charge is 2.13. The number of nitrogens with two attached hydrogens (primary N) is 1. The zero-order chi connectivity index (χ0) is 14.7. The molecule has 0 amide bonds. The predicted octanol–water partition coefficient (Wildman–Crippen LogP) is 3.41. The molecule has 0 radical (unpaired) electrons. The van der Waals surface area contributed by atoms with E-state index in [0.717, 1.165) is 23.6 Å². The fraction of sp³-hybridized carbons (Fsp3) is 0.375. The minimum Gasteiger partial charge on any atom is -0.383 e. The zero-order valence-corrected chi connectivity index (χ0v) is 12.6. The lowest BCUT2D eigenvalue weighted by Crippen LogP contribution is -2.13. The lowest BCUT2D eigenvalue weighted by molar-refractivity contribution is 0.846. The fourth-order valence-corrected chi connectivity index (χ4v) is 2.24. The Balaban J connectivity index is 2.30. The van der Waals surface area contributed by atoms with Crippen LogP contribution < -0.4 is 11.1 Å². The summed E-state index contributed by atoms with van der Waals surface area (Å²) in [6.07, 6.45) is 0.776. The van der Waals surface area contributed by atoms with Crippen LogP contribution in [0.25, 0.3) is 0 Å². The topological polar surface area (TPSA) is 63.8 Å². The maximum Gasteiger partial charge on any atom is 0.135 e. The molecular formula is C16H22N4. The van der Waals surface area contributed by atoms with Crippen LogP contribution >= 0.6 is 0 Å². The van der Waals surface area contributed by atoms with E-state index in [4.69, 9.17) is 5.73 Å². The summed E-state index contributed by atoms with van der Waals surface area (Å²) < 4.78 is 0. The average molecular weight is 270 g/mol. The fourth-order valence-electron chi connectivity index (χ4n) is 2.24. The van der Waals surface area contributed by atoms with E-state index < -0.39 is 0 Å². The Morgan fingerprint density at radius 1 is 1.20 bits per heavy atom. The van der Waals surface area contributed by atoms with Gasteiger partial charge in [-0.15, -0.1) is 0 Å². The van der Waals surface area contributed by atoms with Crippen LogP contribution in [0, 0.1) is 13.8 Å². The first-order valence-corrected chi connectivity index (χ1v) is 6.98. The molecule has 0 spiro atoms. The molecule has 0 saturated heterocycles.